The van der Waals surface area contributed by atoms with Gasteiger partial charge in [-0.3, -0.25) is 4.99 Å². The van der Waals surface area contributed by atoms with E-state index < -0.39 is 17.6 Å². The molecule has 0 N–H and O–H groups in total. The lowest BCUT2D eigenvalue weighted by atomic mass is 10.1. The van der Waals surface area contributed by atoms with E-state index >= 15 is 0 Å². The quantitative estimate of drug-likeness (QED) is 0.544. The number of alkyl halides is 3. The lowest BCUT2D eigenvalue weighted by Gasteiger charge is -2.07. The van der Waals surface area contributed by atoms with Crippen molar-refractivity contribution in [2.24, 2.45) is 4.99 Å². The summed E-state index contributed by atoms with van der Waals surface area (Å²) in [5.41, 5.74) is -0.562. The van der Waals surface area contributed by atoms with Crippen molar-refractivity contribution in [2.45, 2.75) is 6.18 Å². The van der Waals surface area contributed by atoms with Crippen LogP contribution in [0.4, 0.5) is 17.6 Å². The Hall–Kier alpha value is -1.65. The van der Waals surface area contributed by atoms with Crippen LogP contribution in [0.1, 0.15) is 11.1 Å². The maximum absolute atomic E-state index is 12.8. The number of benzene rings is 1. The Morgan fingerprint density at radius 2 is 1.69 bits per heavy atom. The summed E-state index contributed by atoms with van der Waals surface area (Å²) >= 11 is 0. The minimum atomic E-state index is -4.39. The molecule has 0 amide bonds. The molecule has 0 aliphatic heterocycles. The molecule has 0 spiro atoms. The van der Waals surface area contributed by atoms with Gasteiger partial charge in [0.05, 0.1) is 11.3 Å². The Labute approximate surface area is 90.1 Å². The van der Waals surface area contributed by atoms with Crippen molar-refractivity contribution in [3.8, 4) is 0 Å². The number of aliphatic imine (C=N–C) groups is 1. The summed E-state index contributed by atoms with van der Waals surface area (Å²) < 4.78 is 49.6. The fourth-order valence-corrected chi connectivity index (χ4v) is 1.22. The second-order valence-electron chi connectivity index (χ2n) is 3.05. The molecular formula is C11H9F4N. The van der Waals surface area contributed by atoms with E-state index in [1.54, 1.807) is 0 Å². The third kappa shape index (κ3) is 2.68. The third-order valence-corrected chi connectivity index (χ3v) is 1.97. The highest BCUT2D eigenvalue weighted by molar-refractivity contribution is 6.10. The molecule has 0 saturated heterocycles. The van der Waals surface area contributed by atoms with E-state index in [1.807, 2.05) is 0 Å². The number of hydrogen-bond acceptors (Lipinski definition) is 1. The van der Waals surface area contributed by atoms with Gasteiger partial charge in [-0.2, -0.15) is 13.2 Å². The highest BCUT2D eigenvalue weighted by Gasteiger charge is 2.30. The van der Waals surface area contributed by atoms with Crippen molar-refractivity contribution in [1.82, 2.24) is 0 Å². The molecule has 86 valence electrons. The highest BCUT2D eigenvalue weighted by Crippen LogP contribution is 2.29. The van der Waals surface area contributed by atoms with Crippen LogP contribution in [0.15, 0.2) is 41.7 Å². The van der Waals surface area contributed by atoms with E-state index in [2.05, 4.69) is 11.6 Å². The van der Waals surface area contributed by atoms with Crippen molar-refractivity contribution in [2.75, 3.05) is 7.05 Å². The van der Waals surface area contributed by atoms with Crippen molar-refractivity contribution in [1.29, 1.82) is 0 Å². The Morgan fingerprint density at radius 3 is 2.00 bits per heavy atom. The zero-order chi connectivity index (χ0) is 12.3. The van der Waals surface area contributed by atoms with Gasteiger partial charge in [0.15, 0.2) is 0 Å². The van der Waals surface area contributed by atoms with Gasteiger partial charge in [-0.1, -0.05) is 18.7 Å². The number of allylic oxidation sites excluding steroid dienone is 1. The fourth-order valence-electron chi connectivity index (χ4n) is 1.22. The van der Waals surface area contributed by atoms with E-state index in [9.17, 15) is 17.6 Å². The molecule has 0 aromatic heterocycles. The van der Waals surface area contributed by atoms with Crippen LogP contribution in [0.2, 0.25) is 0 Å². The van der Waals surface area contributed by atoms with Crippen LogP contribution in [0.3, 0.4) is 0 Å². The molecule has 0 saturated carbocycles. The first kappa shape index (κ1) is 12.4. The molecule has 16 heavy (non-hydrogen) atoms. The molecule has 0 radical (unpaired) electrons. The number of rotatable bonds is 2. The van der Waals surface area contributed by atoms with Crippen LogP contribution in [-0.4, -0.2) is 12.8 Å². The molecule has 1 rings (SSSR count). The second kappa shape index (κ2) is 4.47. The first-order valence-corrected chi connectivity index (χ1v) is 4.35. The predicted octanol–water partition coefficient (Wildman–Crippen LogP) is 3.61. The van der Waals surface area contributed by atoms with Crippen LogP contribution in [0.25, 0.3) is 0 Å². The Balaban J connectivity index is 3.09. The third-order valence-electron chi connectivity index (χ3n) is 1.97. The minimum absolute atomic E-state index is 0.0475. The molecule has 0 fully saturated rings. The van der Waals surface area contributed by atoms with Crippen LogP contribution in [-0.2, 0) is 6.18 Å². The smallest absolute Gasteiger partial charge is 0.285 e. The number of hydrogen-bond donors (Lipinski definition) is 0. The van der Waals surface area contributed by atoms with E-state index in [1.165, 1.54) is 7.05 Å². The van der Waals surface area contributed by atoms with Gasteiger partial charge in [0, 0.05) is 12.6 Å². The number of halogens is 4. The standard InChI is InChI=1S/C11H9F4N/c1-7(12)10(16-2)8-3-5-9(6-4-8)11(13,14)15/h3-6H,1H2,2H3. The van der Waals surface area contributed by atoms with E-state index in [-0.39, 0.29) is 11.3 Å². The lowest BCUT2D eigenvalue weighted by Crippen LogP contribution is -2.06. The van der Waals surface area contributed by atoms with Crippen molar-refractivity contribution >= 4 is 5.71 Å². The monoisotopic (exact) mass is 231 g/mol. The zero-order valence-electron chi connectivity index (χ0n) is 8.48. The van der Waals surface area contributed by atoms with E-state index in [0.717, 1.165) is 24.3 Å². The second-order valence-corrected chi connectivity index (χ2v) is 3.05. The maximum atomic E-state index is 12.8. The first-order valence-electron chi connectivity index (χ1n) is 4.35. The van der Waals surface area contributed by atoms with Gasteiger partial charge in [0.1, 0.15) is 5.83 Å². The Morgan fingerprint density at radius 1 is 1.19 bits per heavy atom. The van der Waals surface area contributed by atoms with Gasteiger partial charge in [-0.25, -0.2) is 4.39 Å². The van der Waals surface area contributed by atoms with Gasteiger partial charge >= 0.3 is 6.18 Å². The van der Waals surface area contributed by atoms with Crippen molar-refractivity contribution in [3.05, 3.63) is 47.8 Å². The van der Waals surface area contributed by atoms with Crippen LogP contribution in [0.5, 0.6) is 0 Å². The van der Waals surface area contributed by atoms with Gasteiger partial charge in [0.2, 0.25) is 0 Å². The largest absolute Gasteiger partial charge is 0.416 e. The maximum Gasteiger partial charge on any atom is 0.416 e. The first-order chi connectivity index (χ1) is 7.36. The molecule has 0 aliphatic carbocycles. The van der Waals surface area contributed by atoms with Crippen LogP contribution in [0, 0.1) is 0 Å². The topological polar surface area (TPSA) is 12.4 Å². The van der Waals surface area contributed by atoms with Crippen molar-refractivity contribution < 1.29 is 17.6 Å². The molecular weight excluding hydrogens is 222 g/mol. The summed E-state index contributed by atoms with van der Waals surface area (Å²) in [6.07, 6.45) is -4.39. The lowest BCUT2D eigenvalue weighted by molar-refractivity contribution is -0.137. The van der Waals surface area contributed by atoms with E-state index in [4.69, 9.17) is 0 Å². The summed E-state index contributed by atoms with van der Waals surface area (Å²) in [7, 11) is 1.35. The van der Waals surface area contributed by atoms with Gasteiger partial charge in [0.25, 0.3) is 0 Å². The zero-order valence-corrected chi connectivity index (χ0v) is 8.48. The summed E-state index contributed by atoms with van der Waals surface area (Å²) in [6, 6.07) is 4.08. The summed E-state index contributed by atoms with van der Waals surface area (Å²) in [6.45, 7) is 3.05. The van der Waals surface area contributed by atoms with Gasteiger partial charge < -0.3 is 0 Å². The molecule has 0 aliphatic rings. The molecule has 5 heteroatoms. The molecule has 0 bridgehead atoms. The average molecular weight is 231 g/mol. The molecule has 1 aromatic rings. The Kier molecular flexibility index (Phi) is 3.47. The molecule has 1 aromatic carbocycles. The van der Waals surface area contributed by atoms with Crippen molar-refractivity contribution in [3.63, 3.8) is 0 Å². The summed E-state index contributed by atoms with van der Waals surface area (Å²) in [5.74, 6) is -0.776. The summed E-state index contributed by atoms with van der Waals surface area (Å²) in [4.78, 5) is 3.61. The van der Waals surface area contributed by atoms with E-state index in [0.29, 0.717) is 0 Å². The molecule has 0 unspecified atom stereocenters. The van der Waals surface area contributed by atoms with Crippen LogP contribution < -0.4 is 0 Å². The normalized spacial score (nSPS) is 12.7. The van der Waals surface area contributed by atoms with Gasteiger partial charge in [-0.05, 0) is 12.1 Å². The summed E-state index contributed by atoms with van der Waals surface area (Å²) in [5, 5.41) is 0. The molecule has 1 nitrogen and oxygen atoms in total. The van der Waals surface area contributed by atoms with Crippen LogP contribution >= 0.6 is 0 Å². The number of nitrogens with zero attached hydrogens (tertiary/aromatic N) is 1. The highest BCUT2D eigenvalue weighted by atomic mass is 19.4. The minimum Gasteiger partial charge on any atom is -0.285 e. The average Bonchev–Trinajstić information content (AvgIpc) is 2.17. The Bertz CT molecular complexity index is 415. The SMILES string of the molecule is C=C(F)C(=NC)c1ccc(C(F)(F)F)cc1. The molecule has 0 atom stereocenters. The molecule has 0 heterocycles. The predicted molar refractivity (Wildman–Crippen MR) is 54.2 cm³/mol. The van der Waals surface area contributed by atoms with Gasteiger partial charge in [-0.15, -0.1) is 0 Å². The fraction of sp³-hybridized carbons (Fsp3) is 0.182.